The topological polar surface area (TPSA) is 54.7 Å². The Hall–Kier alpha value is -2.79. The van der Waals surface area contributed by atoms with E-state index >= 15 is 0 Å². The monoisotopic (exact) mass is 378 g/mol. The third-order valence-corrected chi connectivity index (χ3v) is 5.28. The fraction of sp³-hybridized carbons (Fsp3) is 0.348. The summed E-state index contributed by atoms with van der Waals surface area (Å²) in [6.45, 7) is 5.95. The van der Waals surface area contributed by atoms with E-state index in [2.05, 4.69) is 23.2 Å². The van der Waals surface area contributed by atoms with E-state index in [1.807, 2.05) is 30.3 Å². The number of piperazine rings is 1. The fourth-order valence-electron chi connectivity index (χ4n) is 3.80. The van der Waals surface area contributed by atoms with Gasteiger partial charge >= 0.3 is 0 Å². The molecular weight excluding hydrogens is 352 g/mol. The molecule has 28 heavy (non-hydrogen) atoms. The second-order valence-corrected chi connectivity index (χ2v) is 7.17. The highest BCUT2D eigenvalue weighted by Gasteiger charge is 2.14. The number of hydrogen-bond acceptors (Lipinski definition) is 5. The third kappa shape index (κ3) is 3.62. The summed E-state index contributed by atoms with van der Waals surface area (Å²) in [5.41, 5.74) is 3.70. The standard InChI is InChI=1S/C23H26N2O3/c1-3-4-16-13-17(5-7-21(16)27-2)23-15-20(26)19-14-18(6-8-22(19)28-23)25-11-9-24-10-12-25/h5-8,13-15,24H,3-4,9-12H2,1-2H3. The number of fused-ring (bicyclic) bond motifs is 1. The van der Waals surface area contributed by atoms with Crippen LogP contribution in [0.4, 0.5) is 5.69 Å². The van der Waals surface area contributed by atoms with Gasteiger partial charge in [-0.2, -0.15) is 0 Å². The first kappa shape index (κ1) is 18.6. The minimum Gasteiger partial charge on any atom is -0.496 e. The predicted octanol–water partition coefficient (Wildman–Crippen LogP) is 3.83. The first-order chi connectivity index (χ1) is 13.7. The van der Waals surface area contributed by atoms with Crippen LogP contribution < -0.4 is 20.4 Å². The van der Waals surface area contributed by atoms with Gasteiger partial charge in [0.05, 0.1) is 12.5 Å². The minimum absolute atomic E-state index is 0.0129. The van der Waals surface area contributed by atoms with Gasteiger partial charge in [0.15, 0.2) is 5.43 Å². The summed E-state index contributed by atoms with van der Waals surface area (Å²) in [5.74, 6) is 1.46. The summed E-state index contributed by atoms with van der Waals surface area (Å²) in [7, 11) is 1.68. The van der Waals surface area contributed by atoms with Crippen molar-refractivity contribution in [2.45, 2.75) is 19.8 Å². The SMILES string of the molecule is CCCc1cc(-c2cc(=O)c3cc(N4CCNCC4)ccc3o2)ccc1OC. The van der Waals surface area contributed by atoms with Crippen LogP contribution in [0.5, 0.6) is 5.75 Å². The lowest BCUT2D eigenvalue weighted by Gasteiger charge is -2.29. The van der Waals surface area contributed by atoms with E-state index in [9.17, 15) is 4.79 Å². The molecule has 1 aliphatic rings. The Morgan fingerprint density at radius 2 is 1.93 bits per heavy atom. The Balaban J connectivity index is 1.73. The van der Waals surface area contributed by atoms with E-state index in [1.165, 1.54) is 0 Å². The average Bonchev–Trinajstić information content (AvgIpc) is 2.74. The molecule has 1 aliphatic heterocycles. The molecule has 0 saturated carbocycles. The van der Waals surface area contributed by atoms with E-state index < -0.39 is 0 Å². The summed E-state index contributed by atoms with van der Waals surface area (Å²) in [6.07, 6.45) is 1.94. The maximum atomic E-state index is 12.8. The molecule has 1 fully saturated rings. The van der Waals surface area contributed by atoms with Gasteiger partial charge in [0, 0.05) is 43.5 Å². The highest BCUT2D eigenvalue weighted by atomic mass is 16.5. The molecule has 0 unspecified atom stereocenters. The van der Waals surface area contributed by atoms with Crippen LogP contribution in [0.25, 0.3) is 22.3 Å². The quantitative estimate of drug-likeness (QED) is 0.731. The number of ether oxygens (including phenoxy) is 1. The number of methoxy groups -OCH3 is 1. The lowest BCUT2D eigenvalue weighted by Crippen LogP contribution is -2.43. The largest absolute Gasteiger partial charge is 0.496 e. The summed E-state index contributed by atoms with van der Waals surface area (Å²) < 4.78 is 11.6. The molecule has 0 bridgehead atoms. The molecule has 0 spiro atoms. The molecule has 0 aliphatic carbocycles. The zero-order chi connectivity index (χ0) is 19.5. The van der Waals surface area contributed by atoms with Gasteiger partial charge < -0.3 is 19.4 Å². The number of nitrogens with zero attached hydrogens (tertiary/aromatic N) is 1. The molecule has 146 valence electrons. The van der Waals surface area contributed by atoms with Crippen LogP contribution in [-0.2, 0) is 6.42 Å². The number of aryl methyl sites for hydroxylation is 1. The number of rotatable bonds is 5. The smallest absolute Gasteiger partial charge is 0.193 e. The van der Waals surface area contributed by atoms with Gasteiger partial charge in [0.1, 0.15) is 17.1 Å². The van der Waals surface area contributed by atoms with E-state index in [0.717, 1.165) is 61.6 Å². The second-order valence-electron chi connectivity index (χ2n) is 7.17. The van der Waals surface area contributed by atoms with E-state index in [1.54, 1.807) is 13.2 Å². The third-order valence-electron chi connectivity index (χ3n) is 5.28. The van der Waals surface area contributed by atoms with E-state index in [4.69, 9.17) is 9.15 Å². The molecule has 1 aromatic heterocycles. The first-order valence-corrected chi connectivity index (χ1v) is 9.90. The molecule has 4 rings (SSSR count). The maximum Gasteiger partial charge on any atom is 0.193 e. The second kappa shape index (κ2) is 8.07. The normalized spacial score (nSPS) is 14.4. The van der Waals surface area contributed by atoms with Crippen LogP contribution in [0, 0.1) is 0 Å². The van der Waals surface area contributed by atoms with Crippen molar-refractivity contribution in [1.82, 2.24) is 5.32 Å². The average molecular weight is 378 g/mol. The molecule has 5 nitrogen and oxygen atoms in total. The minimum atomic E-state index is -0.0129. The predicted molar refractivity (Wildman–Crippen MR) is 114 cm³/mol. The van der Waals surface area contributed by atoms with Gasteiger partial charge in [-0.25, -0.2) is 0 Å². The zero-order valence-corrected chi connectivity index (χ0v) is 16.5. The highest BCUT2D eigenvalue weighted by molar-refractivity contribution is 5.82. The molecule has 1 N–H and O–H groups in total. The number of benzene rings is 2. The van der Waals surface area contributed by atoms with Gasteiger partial charge in [0.25, 0.3) is 0 Å². The van der Waals surface area contributed by atoms with E-state index in [0.29, 0.717) is 16.7 Å². The Morgan fingerprint density at radius 3 is 2.68 bits per heavy atom. The number of nitrogens with one attached hydrogen (secondary N) is 1. The molecule has 2 aromatic carbocycles. The van der Waals surface area contributed by atoms with Crippen molar-refractivity contribution >= 4 is 16.7 Å². The molecule has 0 radical (unpaired) electrons. The molecule has 5 heteroatoms. The number of hydrogen-bond donors (Lipinski definition) is 1. The maximum absolute atomic E-state index is 12.8. The van der Waals surface area contributed by atoms with Crippen molar-refractivity contribution < 1.29 is 9.15 Å². The molecule has 0 amide bonds. The Morgan fingerprint density at radius 1 is 1.11 bits per heavy atom. The van der Waals surface area contributed by atoms with Gasteiger partial charge in [-0.1, -0.05) is 13.3 Å². The lowest BCUT2D eigenvalue weighted by atomic mass is 10.0. The zero-order valence-electron chi connectivity index (χ0n) is 16.5. The van der Waals surface area contributed by atoms with Gasteiger partial charge in [0.2, 0.25) is 0 Å². The highest BCUT2D eigenvalue weighted by Crippen LogP contribution is 2.29. The Labute approximate surface area is 164 Å². The van der Waals surface area contributed by atoms with Crippen molar-refractivity contribution in [2.75, 3.05) is 38.2 Å². The van der Waals surface area contributed by atoms with Crippen molar-refractivity contribution in [2.24, 2.45) is 0 Å². The summed E-state index contributed by atoms with van der Waals surface area (Å²) >= 11 is 0. The summed E-state index contributed by atoms with van der Waals surface area (Å²) in [4.78, 5) is 15.1. The number of anilines is 1. The van der Waals surface area contributed by atoms with Crippen LogP contribution in [0.3, 0.4) is 0 Å². The van der Waals surface area contributed by atoms with Crippen molar-refractivity contribution in [3.05, 3.63) is 58.3 Å². The van der Waals surface area contributed by atoms with Crippen LogP contribution in [0.2, 0.25) is 0 Å². The first-order valence-electron chi connectivity index (χ1n) is 9.90. The van der Waals surface area contributed by atoms with Gasteiger partial charge in [-0.3, -0.25) is 4.79 Å². The molecular formula is C23H26N2O3. The van der Waals surface area contributed by atoms with Gasteiger partial charge in [-0.15, -0.1) is 0 Å². The molecule has 2 heterocycles. The summed E-state index contributed by atoms with van der Waals surface area (Å²) in [6, 6.07) is 13.4. The van der Waals surface area contributed by atoms with Crippen molar-refractivity contribution in [3.8, 4) is 17.1 Å². The molecule has 3 aromatic rings. The van der Waals surface area contributed by atoms with Crippen LogP contribution in [0.15, 0.2) is 51.7 Å². The van der Waals surface area contributed by atoms with Crippen LogP contribution in [-0.4, -0.2) is 33.3 Å². The molecule has 1 saturated heterocycles. The summed E-state index contributed by atoms with van der Waals surface area (Å²) in [5, 5.41) is 3.98. The van der Waals surface area contributed by atoms with Crippen LogP contribution in [0.1, 0.15) is 18.9 Å². The van der Waals surface area contributed by atoms with Crippen LogP contribution >= 0.6 is 0 Å². The van der Waals surface area contributed by atoms with Crippen molar-refractivity contribution in [3.63, 3.8) is 0 Å². The van der Waals surface area contributed by atoms with Crippen molar-refractivity contribution in [1.29, 1.82) is 0 Å². The van der Waals surface area contributed by atoms with E-state index in [-0.39, 0.29) is 5.43 Å². The van der Waals surface area contributed by atoms with Gasteiger partial charge in [-0.05, 0) is 48.4 Å². The molecule has 0 atom stereocenters. The fourth-order valence-corrected chi connectivity index (χ4v) is 3.80. The Kier molecular flexibility index (Phi) is 5.35. The lowest BCUT2D eigenvalue weighted by molar-refractivity contribution is 0.409. The Bertz CT molecular complexity index is 1040.